The lowest BCUT2D eigenvalue weighted by molar-refractivity contribution is 0.0928. The molecule has 0 aliphatic heterocycles. The molecule has 0 aromatic carbocycles. The second-order valence-electron chi connectivity index (χ2n) is 4.70. The van der Waals surface area contributed by atoms with Crippen molar-refractivity contribution in [2.45, 2.75) is 32.2 Å². The molecule has 0 bridgehead atoms. The molecule has 1 fully saturated rings. The fraction of sp³-hybridized carbons (Fsp3) is 0.538. The van der Waals surface area contributed by atoms with Gasteiger partial charge >= 0.3 is 0 Å². The Bertz CT molecular complexity index is 405. The van der Waals surface area contributed by atoms with E-state index in [0.29, 0.717) is 18.0 Å². The lowest BCUT2D eigenvalue weighted by Crippen LogP contribution is -2.40. The number of rotatable bonds is 3. The van der Waals surface area contributed by atoms with Crippen LogP contribution in [0.1, 0.15) is 35.2 Å². The van der Waals surface area contributed by atoms with Gasteiger partial charge in [-0.25, -0.2) is 0 Å². The Kier molecular flexibility index (Phi) is 3.74. The summed E-state index contributed by atoms with van der Waals surface area (Å²) in [6, 6.07) is 2.00. The van der Waals surface area contributed by atoms with Crippen molar-refractivity contribution in [2.24, 2.45) is 11.7 Å². The van der Waals surface area contributed by atoms with Crippen LogP contribution in [-0.2, 0) is 0 Å². The molecular formula is C13H19N3O. The maximum atomic E-state index is 12.1. The largest absolute Gasteiger partial charge is 0.349 e. The highest BCUT2D eigenvalue weighted by Gasteiger charge is 2.27. The normalized spacial score (nSPS) is 23.6. The lowest BCUT2D eigenvalue weighted by atomic mass is 10.0. The Labute approximate surface area is 102 Å². The molecule has 0 saturated heterocycles. The van der Waals surface area contributed by atoms with Gasteiger partial charge in [0.15, 0.2) is 0 Å². The van der Waals surface area contributed by atoms with E-state index in [-0.39, 0.29) is 11.9 Å². The molecule has 2 unspecified atom stereocenters. The van der Waals surface area contributed by atoms with Crippen molar-refractivity contribution in [1.82, 2.24) is 10.3 Å². The monoisotopic (exact) mass is 233 g/mol. The van der Waals surface area contributed by atoms with Crippen molar-refractivity contribution >= 4 is 5.91 Å². The second kappa shape index (κ2) is 5.27. The average molecular weight is 233 g/mol. The van der Waals surface area contributed by atoms with Crippen molar-refractivity contribution in [3.05, 3.63) is 29.6 Å². The van der Waals surface area contributed by atoms with Crippen LogP contribution >= 0.6 is 0 Å². The molecule has 1 aromatic heterocycles. The number of pyridine rings is 1. The summed E-state index contributed by atoms with van der Waals surface area (Å²) in [6.45, 7) is 2.55. The number of aromatic nitrogens is 1. The van der Waals surface area contributed by atoms with Crippen molar-refractivity contribution in [3.63, 3.8) is 0 Å². The van der Waals surface area contributed by atoms with E-state index in [4.69, 9.17) is 5.73 Å². The summed E-state index contributed by atoms with van der Waals surface area (Å²) in [6.07, 6.45) is 6.68. The maximum absolute atomic E-state index is 12.1. The smallest absolute Gasteiger partial charge is 0.251 e. The first-order chi connectivity index (χ1) is 8.22. The fourth-order valence-corrected chi connectivity index (χ4v) is 2.48. The molecule has 0 spiro atoms. The highest BCUT2D eigenvalue weighted by molar-refractivity contribution is 5.95. The van der Waals surface area contributed by atoms with Crippen LogP contribution in [0.5, 0.6) is 0 Å². The molecule has 17 heavy (non-hydrogen) atoms. The van der Waals surface area contributed by atoms with E-state index in [1.807, 2.05) is 6.92 Å². The first-order valence-corrected chi connectivity index (χ1v) is 6.14. The van der Waals surface area contributed by atoms with Crippen molar-refractivity contribution in [3.8, 4) is 0 Å². The molecule has 1 saturated carbocycles. The predicted molar refractivity (Wildman–Crippen MR) is 66.6 cm³/mol. The van der Waals surface area contributed by atoms with Gasteiger partial charge < -0.3 is 11.1 Å². The molecule has 4 nitrogen and oxygen atoms in total. The third-order valence-electron chi connectivity index (χ3n) is 3.54. The van der Waals surface area contributed by atoms with E-state index in [1.54, 1.807) is 18.5 Å². The van der Waals surface area contributed by atoms with Crippen LogP contribution in [0.4, 0.5) is 0 Å². The first-order valence-electron chi connectivity index (χ1n) is 6.14. The van der Waals surface area contributed by atoms with Gasteiger partial charge in [0.05, 0.1) is 0 Å². The lowest BCUT2D eigenvalue weighted by Gasteiger charge is -2.19. The van der Waals surface area contributed by atoms with Gasteiger partial charge in [0.1, 0.15) is 0 Å². The van der Waals surface area contributed by atoms with Gasteiger partial charge in [-0.1, -0.05) is 6.42 Å². The molecule has 4 heteroatoms. The van der Waals surface area contributed by atoms with E-state index in [1.165, 1.54) is 0 Å². The van der Waals surface area contributed by atoms with E-state index < -0.39 is 0 Å². The molecule has 92 valence electrons. The number of hydrogen-bond acceptors (Lipinski definition) is 3. The third-order valence-corrected chi connectivity index (χ3v) is 3.54. The van der Waals surface area contributed by atoms with Gasteiger partial charge in [-0.3, -0.25) is 9.78 Å². The Morgan fingerprint density at radius 1 is 1.59 bits per heavy atom. The van der Waals surface area contributed by atoms with Gasteiger partial charge in [0.25, 0.3) is 5.91 Å². The minimum atomic E-state index is -0.00440. The molecule has 1 aliphatic carbocycles. The Hall–Kier alpha value is -1.42. The molecule has 1 heterocycles. The molecule has 2 rings (SSSR count). The summed E-state index contributed by atoms with van der Waals surface area (Å²) in [4.78, 5) is 16.1. The molecule has 0 radical (unpaired) electrons. The second-order valence-corrected chi connectivity index (χ2v) is 4.70. The number of carbonyl (C=O) groups is 1. The van der Waals surface area contributed by atoms with E-state index in [9.17, 15) is 4.79 Å². The number of hydrogen-bond donors (Lipinski definition) is 2. The van der Waals surface area contributed by atoms with Crippen LogP contribution in [0.25, 0.3) is 0 Å². The molecule has 1 aromatic rings. The number of nitrogens with one attached hydrogen (secondary N) is 1. The highest BCUT2D eigenvalue weighted by atomic mass is 16.1. The summed E-state index contributed by atoms with van der Waals surface area (Å²) in [7, 11) is 0. The predicted octanol–water partition coefficient (Wildman–Crippen LogP) is 1.25. The van der Waals surface area contributed by atoms with Crippen LogP contribution in [0.2, 0.25) is 0 Å². The highest BCUT2D eigenvalue weighted by Crippen LogP contribution is 2.24. The number of nitrogens with zero attached hydrogens (tertiary/aromatic N) is 1. The summed E-state index contributed by atoms with van der Waals surface area (Å²) in [5.74, 6) is 0.427. The van der Waals surface area contributed by atoms with Crippen LogP contribution in [0.15, 0.2) is 18.5 Å². The van der Waals surface area contributed by atoms with Crippen molar-refractivity contribution in [1.29, 1.82) is 0 Å². The summed E-state index contributed by atoms with van der Waals surface area (Å²) >= 11 is 0. The topological polar surface area (TPSA) is 68.0 Å². The van der Waals surface area contributed by atoms with Gasteiger partial charge in [0.2, 0.25) is 0 Å². The zero-order valence-corrected chi connectivity index (χ0v) is 10.1. The van der Waals surface area contributed by atoms with Crippen LogP contribution < -0.4 is 11.1 Å². The van der Waals surface area contributed by atoms with Gasteiger partial charge in [-0.2, -0.15) is 0 Å². The SMILES string of the molecule is Cc1cnccc1C(=O)NC1CCCC1CN. The zero-order valence-electron chi connectivity index (χ0n) is 10.1. The Morgan fingerprint density at radius 2 is 2.41 bits per heavy atom. The molecule has 3 N–H and O–H groups in total. The molecule has 2 atom stereocenters. The van der Waals surface area contributed by atoms with Crippen LogP contribution in [0, 0.1) is 12.8 Å². The fourth-order valence-electron chi connectivity index (χ4n) is 2.48. The Morgan fingerprint density at radius 3 is 3.12 bits per heavy atom. The van der Waals surface area contributed by atoms with Crippen molar-refractivity contribution in [2.75, 3.05) is 6.54 Å². The quantitative estimate of drug-likeness (QED) is 0.825. The average Bonchev–Trinajstić information content (AvgIpc) is 2.76. The van der Waals surface area contributed by atoms with E-state index >= 15 is 0 Å². The van der Waals surface area contributed by atoms with Gasteiger partial charge in [0, 0.05) is 24.0 Å². The van der Waals surface area contributed by atoms with E-state index in [0.717, 1.165) is 24.8 Å². The number of amides is 1. The molecule has 1 amide bonds. The maximum Gasteiger partial charge on any atom is 0.251 e. The third kappa shape index (κ3) is 2.64. The number of aryl methyl sites for hydroxylation is 1. The summed E-state index contributed by atoms with van der Waals surface area (Å²) < 4.78 is 0. The number of carbonyl (C=O) groups excluding carboxylic acids is 1. The van der Waals surface area contributed by atoms with Crippen LogP contribution in [-0.4, -0.2) is 23.5 Å². The first kappa shape index (κ1) is 12.0. The zero-order chi connectivity index (χ0) is 12.3. The Balaban J connectivity index is 2.04. The van der Waals surface area contributed by atoms with E-state index in [2.05, 4.69) is 10.3 Å². The van der Waals surface area contributed by atoms with Gasteiger partial charge in [-0.15, -0.1) is 0 Å². The number of nitrogens with two attached hydrogens (primary N) is 1. The summed E-state index contributed by atoms with van der Waals surface area (Å²) in [5.41, 5.74) is 7.33. The molecule has 1 aliphatic rings. The van der Waals surface area contributed by atoms with Crippen molar-refractivity contribution < 1.29 is 4.79 Å². The summed E-state index contributed by atoms with van der Waals surface area (Å²) in [5, 5.41) is 3.09. The minimum Gasteiger partial charge on any atom is -0.349 e. The standard InChI is InChI=1S/C13H19N3O/c1-9-8-15-6-5-11(9)13(17)16-12-4-2-3-10(12)7-14/h5-6,8,10,12H,2-4,7,14H2,1H3,(H,16,17). The minimum absolute atomic E-state index is 0.00440. The van der Waals surface area contributed by atoms with Crippen LogP contribution in [0.3, 0.4) is 0 Å². The molecular weight excluding hydrogens is 214 g/mol. The van der Waals surface area contributed by atoms with Gasteiger partial charge in [-0.05, 0) is 43.9 Å².